The fourth-order valence-electron chi connectivity index (χ4n) is 3.90. The van der Waals surface area contributed by atoms with Crippen LogP contribution in [0.1, 0.15) is 37.2 Å². The van der Waals surface area contributed by atoms with Crippen LogP contribution < -0.4 is 0 Å². The molecule has 0 amide bonds. The van der Waals surface area contributed by atoms with Crippen molar-refractivity contribution >= 4 is 21.5 Å². The van der Waals surface area contributed by atoms with Crippen molar-refractivity contribution in [1.82, 2.24) is 0 Å². The molecular formula is C20H20O. The zero-order valence-electron chi connectivity index (χ0n) is 12.1. The molecule has 0 saturated heterocycles. The van der Waals surface area contributed by atoms with Gasteiger partial charge in [-0.3, -0.25) is 0 Å². The van der Waals surface area contributed by atoms with E-state index in [-0.39, 0.29) is 12.0 Å². The fraction of sp³-hybridized carbons (Fsp3) is 0.300. The van der Waals surface area contributed by atoms with Crippen molar-refractivity contribution in [3.63, 3.8) is 0 Å². The molecule has 1 N–H and O–H groups in total. The average Bonchev–Trinajstić information content (AvgIpc) is 2.53. The first-order valence-corrected chi connectivity index (χ1v) is 7.93. The van der Waals surface area contributed by atoms with Crippen LogP contribution in [0, 0.1) is 0 Å². The third kappa shape index (κ3) is 2.13. The van der Waals surface area contributed by atoms with Crippen LogP contribution in [0.25, 0.3) is 21.5 Å². The standard InChI is InChI=1S/C20H20O/c21-19-12-6-5-11-18(19)20-16-9-3-1-7-14(16)13-15-8-2-4-10-17(15)20/h1-4,7-10,13,18-19,21H,5-6,11-12H2. The molecular weight excluding hydrogens is 256 g/mol. The summed E-state index contributed by atoms with van der Waals surface area (Å²) < 4.78 is 0. The zero-order chi connectivity index (χ0) is 14.2. The van der Waals surface area contributed by atoms with E-state index in [0.717, 1.165) is 19.3 Å². The monoisotopic (exact) mass is 276 g/mol. The lowest BCUT2D eigenvalue weighted by atomic mass is 9.78. The average molecular weight is 276 g/mol. The Bertz CT molecular complexity index is 736. The Kier molecular flexibility index (Phi) is 3.16. The van der Waals surface area contributed by atoms with Gasteiger partial charge in [0.1, 0.15) is 0 Å². The number of rotatable bonds is 1. The Balaban J connectivity index is 2.06. The summed E-state index contributed by atoms with van der Waals surface area (Å²) in [6, 6.07) is 19.4. The maximum absolute atomic E-state index is 10.5. The van der Waals surface area contributed by atoms with E-state index in [9.17, 15) is 5.11 Å². The van der Waals surface area contributed by atoms with Gasteiger partial charge in [0, 0.05) is 5.92 Å². The maximum Gasteiger partial charge on any atom is 0.0609 e. The van der Waals surface area contributed by atoms with Gasteiger partial charge in [0.15, 0.2) is 0 Å². The molecule has 21 heavy (non-hydrogen) atoms. The van der Waals surface area contributed by atoms with E-state index in [1.165, 1.54) is 33.5 Å². The number of aliphatic hydroxyl groups is 1. The van der Waals surface area contributed by atoms with Crippen molar-refractivity contribution in [2.75, 3.05) is 0 Å². The van der Waals surface area contributed by atoms with E-state index in [2.05, 4.69) is 54.6 Å². The molecule has 0 spiro atoms. The summed E-state index contributed by atoms with van der Waals surface area (Å²) in [5, 5.41) is 15.7. The molecule has 2 unspecified atom stereocenters. The molecule has 1 fully saturated rings. The van der Waals surface area contributed by atoms with Gasteiger partial charge >= 0.3 is 0 Å². The van der Waals surface area contributed by atoms with Gasteiger partial charge in [0.05, 0.1) is 6.10 Å². The predicted octanol–water partition coefficient (Wildman–Crippen LogP) is 5.01. The summed E-state index contributed by atoms with van der Waals surface area (Å²) in [6.07, 6.45) is 4.20. The van der Waals surface area contributed by atoms with Gasteiger partial charge in [-0.25, -0.2) is 0 Å². The summed E-state index contributed by atoms with van der Waals surface area (Å²) in [7, 11) is 0. The van der Waals surface area contributed by atoms with Gasteiger partial charge in [-0.1, -0.05) is 61.4 Å². The third-order valence-electron chi connectivity index (χ3n) is 4.91. The van der Waals surface area contributed by atoms with Crippen LogP contribution in [-0.2, 0) is 0 Å². The summed E-state index contributed by atoms with van der Waals surface area (Å²) in [5.41, 5.74) is 1.36. The highest BCUT2D eigenvalue weighted by atomic mass is 16.3. The Labute approximate surface area is 125 Å². The lowest BCUT2D eigenvalue weighted by molar-refractivity contribution is 0.107. The predicted molar refractivity (Wildman–Crippen MR) is 88.7 cm³/mol. The van der Waals surface area contributed by atoms with E-state index >= 15 is 0 Å². The first-order chi connectivity index (χ1) is 10.3. The largest absolute Gasteiger partial charge is 0.392 e. The first kappa shape index (κ1) is 12.8. The molecule has 106 valence electrons. The lowest BCUT2D eigenvalue weighted by Crippen LogP contribution is -2.23. The van der Waals surface area contributed by atoms with Crippen molar-refractivity contribution in [3.05, 3.63) is 60.2 Å². The van der Waals surface area contributed by atoms with Gasteiger partial charge in [0.25, 0.3) is 0 Å². The molecule has 0 radical (unpaired) electrons. The van der Waals surface area contributed by atoms with Crippen molar-refractivity contribution in [3.8, 4) is 0 Å². The number of fused-ring (bicyclic) bond motifs is 2. The topological polar surface area (TPSA) is 20.2 Å². The van der Waals surface area contributed by atoms with Crippen molar-refractivity contribution in [2.24, 2.45) is 0 Å². The molecule has 3 aromatic rings. The first-order valence-electron chi connectivity index (χ1n) is 7.93. The number of aliphatic hydroxyl groups excluding tert-OH is 1. The van der Waals surface area contributed by atoms with Crippen LogP contribution >= 0.6 is 0 Å². The van der Waals surface area contributed by atoms with Gasteiger partial charge < -0.3 is 5.11 Å². The highest BCUT2D eigenvalue weighted by Gasteiger charge is 2.27. The summed E-state index contributed by atoms with van der Waals surface area (Å²) in [6.45, 7) is 0. The van der Waals surface area contributed by atoms with Crippen molar-refractivity contribution < 1.29 is 5.11 Å². The minimum absolute atomic E-state index is 0.201. The molecule has 4 rings (SSSR count). The molecule has 0 aliphatic heterocycles. The Hall–Kier alpha value is -1.86. The third-order valence-corrected chi connectivity index (χ3v) is 4.91. The highest BCUT2D eigenvalue weighted by Crippen LogP contribution is 2.40. The van der Waals surface area contributed by atoms with Gasteiger partial charge in [-0.15, -0.1) is 0 Å². The minimum Gasteiger partial charge on any atom is -0.392 e. The van der Waals surface area contributed by atoms with Crippen LogP contribution in [0.15, 0.2) is 54.6 Å². The summed E-state index contributed by atoms with van der Waals surface area (Å²) in [5.74, 6) is 0.273. The normalized spacial score (nSPS) is 22.7. The van der Waals surface area contributed by atoms with Crippen molar-refractivity contribution in [1.29, 1.82) is 0 Å². The van der Waals surface area contributed by atoms with Crippen LogP contribution in [0.5, 0.6) is 0 Å². The van der Waals surface area contributed by atoms with E-state index in [4.69, 9.17) is 0 Å². The molecule has 3 aromatic carbocycles. The SMILES string of the molecule is OC1CCCCC1c1c2ccccc2cc2ccccc12. The van der Waals surface area contributed by atoms with Crippen LogP contribution in [0.3, 0.4) is 0 Å². The van der Waals surface area contributed by atoms with Gasteiger partial charge in [0.2, 0.25) is 0 Å². The Morgan fingerprint density at radius 1 is 0.762 bits per heavy atom. The quantitative estimate of drug-likeness (QED) is 0.619. The molecule has 2 atom stereocenters. The van der Waals surface area contributed by atoms with Crippen LogP contribution in [0.4, 0.5) is 0 Å². The molecule has 0 aromatic heterocycles. The van der Waals surface area contributed by atoms with Gasteiger partial charge in [-0.05, 0) is 46.0 Å². The second-order valence-electron chi connectivity index (χ2n) is 6.19. The van der Waals surface area contributed by atoms with E-state index in [1.54, 1.807) is 0 Å². The second kappa shape index (κ2) is 5.16. The number of hydrogen-bond acceptors (Lipinski definition) is 1. The summed E-state index contributed by atoms with van der Waals surface area (Å²) >= 11 is 0. The maximum atomic E-state index is 10.5. The Morgan fingerprint density at radius 2 is 1.33 bits per heavy atom. The van der Waals surface area contributed by atoms with Crippen molar-refractivity contribution in [2.45, 2.75) is 37.7 Å². The minimum atomic E-state index is -0.201. The van der Waals surface area contributed by atoms with Crippen LogP contribution in [0.2, 0.25) is 0 Å². The number of benzene rings is 3. The molecule has 1 aliphatic carbocycles. The molecule has 1 saturated carbocycles. The Morgan fingerprint density at radius 3 is 1.95 bits per heavy atom. The second-order valence-corrected chi connectivity index (χ2v) is 6.19. The van der Waals surface area contributed by atoms with E-state index in [0.29, 0.717) is 0 Å². The molecule has 1 nitrogen and oxygen atoms in total. The van der Waals surface area contributed by atoms with Gasteiger partial charge in [-0.2, -0.15) is 0 Å². The fourth-order valence-corrected chi connectivity index (χ4v) is 3.90. The molecule has 1 heteroatoms. The van der Waals surface area contributed by atoms with E-state index in [1.807, 2.05) is 0 Å². The number of hydrogen-bond donors (Lipinski definition) is 1. The smallest absolute Gasteiger partial charge is 0.0609 e. The molecule has 0 heterocycles. The molecule has 1 aliphatic rings. The van der Waals surface area contributed by atoms with Crippen LogP contribution in [-0.4, -0.2) is 11.2 Å². The lowest BCUT2D eigenvalue weighted by Gasteiger charge is -2.30. The summed E-state index contributed by atoms with van der Waals surface area (Å²) in [4.78, 5) is 0. The molecule has 0 bridgehead atoms. The van der Waals surface area contributed by atoms with E-state index < -0.39 is 0 Å². The highest BCUT2D eigenvalue weighted by molar-refractivity contribution is 6.02. The zero-order valence-corrected chi connectivity index (χ0v) is 12.1.